The fourth-order valence-corrected chi connectivity index (χ4v) is 14.6. The maximum Gasteiger partial charge on any atom is 0.482 e. The van der Waals surface area contributed by atoms with Gasteiger partial charge in [-0.05, 0) is 142 Å². The Balaban J connectivity index is 0.000000193. The molecule has 4 bridgehead atoms. The van der Waals surface area contributed by atoms with Gasteiger partial charge >= 0.3 is 32.4 Å². The summed E-state index contributed by atoms with van der Waals surface area (Å²) in [6, 6.07) is 20.4. The van der Waals surface area contributed by atoms with Gasteiger partial charge in [0.25, 0.3) is 5.91 Å². The monoisotopic (exact) mass is 1170 g/mol. The van der Waals surface area contributed by atoms with Gasteiger partial charge in [-0.1, -0.05) is 141 Å². The highest BCUT2D eigenvalue weighted by atomic mass is 16.7. The molecule has 6 saturated carbocycles. The standard InChI is InChI=1S/C33H46BN3O5.C25H37BN2O4.C8H11NO2/c1-21-8-10-22(11-9-21)14-28(34-41-27-16-25-15-26(32(25,5)6)33(27,7)42-34)36-30(39)40-20-23-12-13-37(19-23)29(38)24(18-35)17-31(2,3)4;1-16-5-7-17(8-6-16)11-22(28-23(29)30-15-18-9-10-27-14-18)26-31-21-13-19-12-20(24(19,2)3)25(21,4)32-26;1-8(2,3)4-6(5-9)7(10)11/h8-11,17,23,25-28H,12-16,19-20H2,1-7H3,(H,36,39);5-8,18-22,27H,9-15H2,1-4H3,(H,28,29);4H,1-3H3,(H,10,11)/t23-,25-,26-,27+,28-,33-;18-,19-,20-,21+,22-,25-;/m00./s1. The van der Waals surface area contributed by atoms with Crippen molar-refractivity contribution in [3.63, 3.8) is 0 Å². The van der Waals surface area contributed by atoms with Crippen molar-refractivity contribution in [3.8, 4) is 12.1 Å². The van der Waals surface area contributed by atoms with Crippen LogP contribution in [0.2, 0.25) is 0 Å². The molecule has 12 rings (SSSR count). The number of carbonyl (C=O) groups is 4. The molecule has 0 radical (unpaired) electrons. The molecule has 19 heteroatoms. The van der Waals surface area contributed by atoms with Crippen molar-refractivity contribution in [2.75, 3.05) is 39.4 Å². The van der Waals surface area contributed by atoms with Crippen LogP contribution in [-0.2, 0) is 50.5 Å². The van der Waals surface area contributed by atoms with Crippen LogP contribution in [0.5, 0.6) is 0 Å². The lowest BCUT2D eigenvalue weighted by atomic mass is 9.43. The van der Waals surface area contributed by atoms with Crippen LogP contribution < -0.4 is 16.0 Å². The van der Waals surface area contributed by atoms with E-state index >= 15 is 0 Å². The number of hydrogen-bond donors (Lipinski definition) is 4. The third kappa shape index (κ3) is 15.4. The molecule has 4 aliphatic heterocycles. The molecule has 460 valence electrons. The molecule has 10 aliphatic rings. The first-order valence-corrected chi connectivity index (χ1v) is 30.9. The first-order valence-electron chi connectivity index (χ1n) is 30.9. The van der Waals surface area contributed by atoms with Gasteiger partial charge in [0, 0.05) is 31.5 Å². The van der Waals surface area contributed by atoms with Crippen LogP contribution in [0.3, 0.4) is 0 Å². The number of benzene rings is 2. The molecular formula is C66H94B2N6O11. The van der Waals surface area contributed by atoms with E-state index in [1.54, 1.807) is 17.0 Å². The minimum absolute atomic E-state index is 0.0135. The Hall–Kier alpha value is -5.69. The number of rotatable bonds is 14. The quantitative estimate of drug-likeness (QED) is 0.0784. The summed E-state index contributed by atoms with van der Waals surface area (Å²) >= 11 is 0. The van der Waals surface area contributed by atoms with Crippen LogP contribution in [0.15, 0.2) is 71.8 Å². The molecule has 85 heavy (non-hydrogen) atoms. The average Bonchev–Trinajstić information content (AvgIpc) is 1.70. The topological polar surface area (TPSA) is 231 Å². The lowest BCUT2D eigenvalue weighted by Gasteiger charge is -2.64. The molecule has 12 atom stereocenters. The van der Waals surface area contributed by atoms with Gasteiger partial charge in [0.1, 0.15) is 23.3 Å². The molecule has 6 aliphatic carbocycles. The van der Waals surface area contributed by atoms with Gasteiger partial charge in [0.2, 0.25) is 0 Å². The molecule has 10 fully saturated rings. The Labute approximate surface area is 506 Å². The Kier molecular flexibility index (Phi) is 19.9. The van der Waals surface area contributed by atoms with E-state index in [-0.39, 0.29) is 86.7 Å². The number of allylic oxidation sites excluding steroid dienone is 2. The van der Waals surface area contributed by atoms with E-state index in [4.69, 9.17) is 38.5 Å². The van der Waals surface area contributed by atoms with E-state index in [0.29, 0.717) is 68.5 Å². The van der Waals surface area contributed by atoms with Gasteiger partial charge in [-0.2, -0.15) is 10.5 Å². The van der Waals surface area contributed by atoms with Crippen LogP contribution in [0.4, 0.5) is 9.59 Å². The molecule has 2 aromatic rings. The predicted molar refractivity (Wildman–Crippen MR) is 326 cm³/mol. The summed E-state index contributed by atoms with van der Waals surface area (Å²) in [5.74, 6) is 0.533. The molecule has 0 spiro atoms. The summed E-state index contributed by atoms with van der Waals surface area (Å²) in [7, 11) is -1.04. The molecule has 17 nitrogen and oxygen atoms in total. The van der Waals surface area contributed by atoms with Crippen LogP contribution in [0, 0.1) is 93.7 Å². The molecule has 0 unspecified atom stereocenters. The van der Waals surface area contributed by atoms with E-state index in [9.17, 15) is 24.4 Å². The summed E-state index contributed by atoms with van der Waals surface area (Å²) in [4.78, 5) is 50.8. The van der Waals surface area contributed by atoms with Gasteiger partial charge < -0.3 is 54.0 Å². The fourth-order valence-electron chi connectivity index (χ4n) is 14.6. The summed E-state index contributed by atoms with van der Waals surface area (Å²) in [5, 5.41) is 35.8. The summed E-state index contributed by atoms with van der Waals surface area (Å²) in [5.41, 5.74) is 3.92. The number of ether oxygens (including phenoxy) is 2. The van der Waals surface area contributed by atoms with Gasteiger partial charge in [0.15, 0.2) is 0 Å². The maximum absolute atomic E-state index is 13.1. The highest BCUT2D eigenvalue weighted by molar-refractivity contribution is 6.48. The lowest BCUT2D eigenvalue weighted by molar-refractivity contribution is -0.199. The fraction of sp³-hybridized carbons (Fsp3) is 0.667. The predicted octanol–water partition coefficient (Wildman–Crippen LogP) is 10.3. The van der Waals surface area contributed by atoms with Crippen molar-refractivity contribution in [2.45, 2.75) is 184 Å². The maximum atomic E-state index is 13.1. The van der Waals surface area contributed by atoms with E-state index in [1.807, 2.05) is 41.5 Å². The van der Waals surface area contributed by atoms with Crippen molar-refractivity contribution < 1.29 is 52.4 Å². The molecule has 2 aromatic carbocycles. The smallest absolute Gasteiger partial charge is 0.477 e. The Morgan fingerprint density at radius 3 is 1.51 bits per heavy atom. The highest BCUT2D eigenvalue weighted by Gasteiger charge is 2.70. The Morgan fingerprint density at radius 2 is 1.13 bits per heavy atom. The second-order valence-corrected chi connectivity index (χ2v) is 29.4. The van der Waals surface area contributed by atoms with E-state index < -0.39 is 32.2 Å². The molecule has 0 aromatic heterocycles. The van der Waals surface area contributed by atoms with Crippen molar-refractivity contribution in [1.29, 1.82) is 10.5 Å². The first kappa shape index (κ1) is 65.3. The number of aliphatic carboxylic acids is 1. The van der Waals surface area contributed by atoms with Crippen LogP contribution >= 0.6 is 0 Å². The summed E-state index contributed by atoms with van der Waals surface area (Å²) in [6.45, 7) is 32.9. The molecule has 3 amide bonds. The zero-order valence-corrected chi connectivity index (χ0v) is 53.0. The van der Waals surface area contributed by atoms with Gasteiger partial charge in [-0.25, -0.2) is 14.4 Å². The number of nitriles is 2. The minimum atomic E-state index is -1.16. The van der Waals surface area contributed by atoms with Crippen molar-refractivity contribution in [1.82, 2.24) is 20.9 Å². The Bertz CT molecular complexity index is 2880. The number of likely N-dealkylation sites (tertiary alicyclic amines) is 1. The third-order valence-corrected chi connectivity index (χ3v) is 19.8. The van der Waals surface area contributed by atoms with E-state index in [0.717, 1.165) is 49.9 Å². The average molecular weight is 1170 g/mol. The minimum Gasteiger partial charge on any atom is -0.477 e. The van der Waals surface area contributed by atoms with E-state index in [1.165, 1.54) is 23.6 Å². The highest BCUT2D eigenvalue weighted by Crippen LogP contribution is 2.67. The number of amides is 3. The van der Waals surface area contributed by atoms with Gasteiger partial charge in [0.05, 0.1) is 48.5 Å². The number of aryl methyl sites for hydroxylation is 2. The van der Waals surface area contributed by atoms with Gasteiger partial charge in [-0.3, -0.25) is 4.79 Å². The number of alkyl carbamates (subject to hydrolysis) is 2. The zero-order chi connectivity index (χ0) is 62.0. The molecule has 4 N–H and O–H groups in total. The van der Waals surface area contributed by atoms with Crippen LogP contribution in [0.25, 0.3) is 0 Å². The second kappa shape index (κ2) is 25.9. The van der Waals surface area contributed by atoms with Gasteiger partial charge in [-0.15, -0.1) is 0 Å². The SMILES string of the molecule is CC(C)(C)C=C(C#N)C(=O)O.Cc1ccc(C[C@H](NC(=O)OC[C@H]2CCN(C(=O)C(C#N)=CC(C)(C)C)C2)B2O[C@@H]3C[C@@H]4C[C@@H](C4(C)C)[C@]3(C)O2)cc1.Cc1ccc(C[C@H](NC(=O)OC[C@H]2CCNC2)B2O[C@@H]3C[C@@H]4C[C@@H](C4(C)C)[C@]3(C)O2)cc1. The van der Waals surface area contributed by atoms with Crippen molar-refractivity contribution >= 4 is 38.3 Å². The van der Waals surface area contributed by atoms with Crippen LogP contribution in [0.1, 0.15) is 144 Å². The molecular weight excluding hydrogens is 1070 g/mol. The normalized spacial score (nSPS) is 30.2. The molecule has 4 saturated heterocycles. The van der Waals surface area contributed by atoms with Crippen molar-refractivity contribution in [2.24, 2.45) is 57.2 Å². The third-order valence-electron chi connectivity index (χ3n) is 19.8. The summed E-state index contributed by atoms with van der Waals surface area (Å²) in [6.07, 6.45) is 9.72. The number of carboxylic acid groups (broad SMARTS) is 1. The van der Waals surface area contributed by atoms with Crippen molar-refractivity contribution in [3.05, 3.63) is 94.1 Å². The number of nitrogens with one attached hydrogen (secondary N) is 3. The molecule has 4 heterocycles. The zero-order valence-electron chi connectivity index (χ0n) is 53.0. The number of hydrogen-bond acceptors (Lipinski definition) is 13. The number of nitrogens with zero attached hydrogens (tertiary/aromatic N) is 3. The first-order chi connectivity index (χ1) is 39.8. The second-order valence-electron chi connectivity index (χ2n) is 29.4. The largest absolute Gasteiger partial charge is 0.482 e. The lowest BCUT2D eigenvalue weighted by Crippen LogP contribution is -2.65. The van der Waals surface area contributed by atoms with E-state index in [2.05, 4.69) is 126 Å². The van der Waals surface area contributed by atoms with Crippen LogP contribution in [-0.4, -0.2) is 123 Å². The number of carbonyl (C=O) groups excluding carboxylic acids is 3. The number of carboxylic acids is 1. The Morgan fingerprint density at radius 1 is 0.694 bits per heavy atom. The summed E-state index contributed by atoms with van der Waals surface area (Å²) < 4.78 is 37.7.